The number of halogens is 1. The molecule has 3 rings (SSSR count). The monoisotopic (exact) mass is 440 g/mol. The van der Waals surface area contributed by atoms with Crippen molar-refractivity contribution in [1.82, 2.24) is 15.5 Å². The number of nitrogens with zero attached hydrogens (tertiary/aromatic N) is 2. The summed E-state index contributed by atoms with van der Waals surface area (Å²) < 4.78 is 1.14. The summed E-state index contributed by atoms with van der Waals surface area (Å²) in [4.78, 5) is 9.65. The Labute approximate surface area is 166 Å². The Morgan fingerprint density at radius 2 is 2.28 bits per heavy atom. The number of rotatable bonds is 5. The average molecular weight is 441 g/mol. The van der Waals surface area contributed by atoms with E-state index in [9.17, 15) is 0 Å². The number of thiophene rings is 2. The van der Waals surface area contributed by atoms with Crippen LogP contribution >= 0.6 is 38.6 Å². The number of guanidine groups is 1. The van der Waals surface area contributed by atoms with Gasteiger partial charge in [-0.2, -0.15) is 0 Å². The van der Waals surface area contributed by atoms with Crippen LogP contribution in [0.5, 0.6) is 0 Å². The summed E-state index contributed by atoms with van der Waals surface area (Å²) in [5.41, 5.74) is 0. The van der Waals surface area contributed by atoms with Gasteiger partial charge in [0.25, 0.3) is 0 Å². The standard InChI is InChI=1S/C18H25BrN4S2/c1-20-18(22-11-15-9-14(19)12-25-15)21-10-13-5-3-7-23(2)17(13)16-6-4-8-24-16/h4,6,8-9,12-13,17H,3,5,7,10-11H2,1-2H3,(H2,20,21,22). The summed E-state index contributed by atoms with van der Waals surface area (Å²) >= 11 is 7.12. The van der Waals surface area contributed by atoms with Gasteiger partial charge in [-0.1, -0.05) is 6.07 Å². The van der Waals surface area contributed by atoms with E-state index in [0.29, 0.717) is 12.0 Å². The van der Waals surface area contributed by atoms with Gasteiger partial charge in [-0.15, -0.1) is 22.7 Å². The van der Waals surface area contributed by atoms with Crippen LogP contribution in [-0.4, -0.2) is 38.0 Å². The van der Waals surface area contributed by atoms with Crippen LogP contribution in [0.4, 0.5) is 0 Å². The van der Waals surface area contributed by atoms with E-state index in [4.69, 9.17) is 0 Å². The number of nitrogens with one attached hydrogen (secondary N) is 2. The molecule has 0 saturated carbocycles. The highest BCUT2D eigenvalue weighted by Crippen LogP contribution is 2.36. The molecule has 3 heterocycles. The summed E-state index contributed by atoms with van der Waals surface area (Å²) in [5.74, 6) is 1.48. The third-order valence-electron chi connectivity index (χ3n) is 4.65. The Bertz CT molecular complexity index is 683. The van der Waals surface area contributed by atoms with Crippen LogP contribution in [0.1, 0.15) is 28.6 Å². The zero-order valence-electron chi connectivity index (χ0n) is 14.7. The number of piperidine rings is 1. The number of aliphatic imine (C=N–C) groups is 1. The molecular formula is C18H25BrN4S2. The lowest BCUT2D eigenvalue weighted by molar-refractivity contribution is 0.125. The van der Waals surface area contributed by atoms with E-state index in [0.717, 1.165) is 23.5 Å². The van der Waals surface area contributed by atoms with Crippen molar-refractivity contribution >= 4 is 44.6 Å². The van der Waals surface area contributed by atoms with Crippen molar-refractivity contribution in [3.05, 3.63) is 43.2 Å². The number of hydrogen-bond acceptors (Lipinski definition) is 4. The maximum atomic E-state index is 4.38. The van der Waals surface area contributed by atoms with Gasteiger partial charge in [0.1, 0.15) is 0 Å². The van der Waals surface area contributed by atoms with Gasteiger partial charge in [0.05, 0.1) is 6.54 Å². The molecule has 1 fully saturated rings. The largest absolute Gasteiger partial charge is 0.356 e. The second-order valence-electron chi connectivity index (χ2n) is 6.38. The second kappa shape index (κ2) is 9.16. The Balaban J connectivity index is 1.56. The molecule has 2 aromatic rings. The average Bonchev–Trinajstić information content (AvgIpc) is 3.27. The maximum absolute atomic E-state index is 4.38. The molecule has 1 saturated heterocycles. The first kappa shape index (κ1) is 18.9. The summed E-state index contributed by atoms with van der Waals surface area (Å²) in [6.45, 7) is 2.93. The summed E-state index contributed by atoms with van der Waals surface area (Å²) in [7, 11) is 4.09. The smallest absolute Gasteiger partial charge is 0.191 e. The molecule has 2 N–H and O–H groups in total. The van der Waals surface area contributed by atoms with E-state index in [1.807, 2.05) is 18.4 Å². The molecule has 136 valence electrons. The van der Waals surface area contributed by atoms with Gasteiger partial charge in [0, 0.05) is 39.2 Å². The highest BCUT2D eigenvalue weighted by Gasteiger charge is 2.31. The Morgan fingerprint density at radius 1 is 1.40 bits per heavy atom. The van der Waals surface area contributed by atoms with Gasteiger partial charge in [-0.3, -0.25) is 9.89 Å². The molecule has 7 heteroatoms. The molecule has 0 amide bonds. The molecule has 1 aliphatic rings. The van der Waals surface area contributed by atoms with Crippen LogP contribution in [-0.2, 0) is 6.54 Å². The van der Waals surface area contributed by atoms with Gasteiger partial charge in [-0.25, -0.2) is 0 Å². The van der Waals surface area contributed by atoms with Crippen LogP contribution < -0.4 is 10.6 Å². The van der Waals surface area contributed by atoms with Gasteiger partial charge < -0.3 is 10.6 Å². The lowest BCUT2D eigenvalue weighted by Crippen LogP contribution is -2.44. The van der Waals surface area contributed by atoms with Gasteiger partial charge >= 0.3 is 0 Å². The predicted molar refractivity (Wildman–Crippen MR) is 113 cm³/mol. The molecule has 2 unspecified atom stereocenters. The lowest BCUT2D eigenvalue weighted by Gasteiger charge is -2.39. The Kier molecular flexibility index (Phi) is 6.92. The van der Waals surface area contributed by atoms with Crippen LogP contribution in [0, 0.1) is 5.92 Å². The van der Waals surface area contributed by atoms with Crippen molar-refractivity contribution in [3.8, 4) is 0 Å². The van der Waals surface area contributed by atoms with Crippen molar-refractivity contribution < 1.29 is 0 Å². The molecule has 0 radical (unpaired) electrons. The van der Waals surface area contributed by atoms with Gasteiger partial charge in [-0.05, 0) is 65.8 Å². The van der Waals surface area contributed by atoms with E-state index in [-0.39, 0.29) is 0 Å². The highest BCUT2D eigenvalue weighted by atomic mass is 79.9. The summed E-state index contributed by atoms with van der Waals surface area (Å²) in [6.07, 6.45) is 2.52. The van der Waals surface area contributed by atoms with Crippen molar-refractivity contribution in [3.63, 3.8) is 0 Å². The van der Waals surface area contributed by atoms with E-state index >= 15 is 0 Å². The second-order valence-corrected chi connectivity index (χ2v) is 9.27. The maximum Gasteiger partial charge on any atom is 0.191 e. The van der Waals surface area contributed by atoms with E-state index in [2.05, 4.69) is 72.5 Å². The predicted octanol–water partition coefficient (Wildman–Crippen LogP) is 4.32. The molecule has 2 aromatic heterocycles. The first-order chi connectivity index (χ1) is 12.2. The fourth-order valence-electron chi connectivity index (χ4n) is 3.45. The molecular weight excluding hydrogens is 416 g/mol. The van der Waals surface area contributed by atoms with E-state index in [1.54, 1.807) is 11.3 Å². The molecule has 25 heavy (non-hydrogen) atoms. The zero-order chi connectivity index (χ0) is 17.6. The molecule has 2 atom stereocenters. The molecule has 0 spiro atoms. The quantitative estimate of drug-likeness (QED) is 0.536. The minimum Gasteiger partial charge on any atom is -0.356 e. The summed E-state index contributed by atoms with van der Waals surface area (Å²) in [6, 6.07) is 7.08. The number of likely N-dealkylation sites (tertiary alicyclic amines) is 1. The SMILES string of the molecule is CN=C(NCc1cc(Br)cs1)NCC1CCCN(C)C1c1cccs1. The van der Waals surface area contributed by atoms with E-state index in [1.165, 1.54) is 29.1 Å². The van der Waals surface area contributed by atoms with Crippen molar-refractivity contribution in [2.24, 2.45) is 10.9 Å². The Morgan fingerprint density at radius 3 is 2.96 bits per heavy atom. The van der Waals surface area contributed by atoms with E-state index < -0.39 is 0 Å². The van der Waals surface area contributed by atoms with Crippen LogP contribution in [0.15, 0.2) is 38.4 Å². The molecule has 4 nitrogen and oxygen atoms in total. The molecule has 0 aliphatic carbocycles. The summed E-state index contributed by atoms with van der Waals surface area (Å²) in [5, 5.41) is 11.2. The van der Waals surface area contributed by atoms with Crippen molar-refractivity contribution in [2.75, 3.05) is 27.2 Å². The highest BCUT2D eigenvalue weighted by molar-refractivity contribution is 9.10. The lowest BCUT2D eigenvalue weighted by atomic mass is 9.88. The van der Waals surface area contributed by atoms with Crippen LogP contribution in [0.2, 0.25) is 0 Å². The topological polar surface area (TPSA) is 39.7 Å². The fourth-order valence-corrected chi connectivity index (χ4v) is 5.82. The molecule has 1 aliphatic heterocycles. The van der Waals surface area contributed by atoms with Crippen molar-refractivity contribution in [2.45, 2.75) is 25.4 Å². The van der Waals surface area contributed by atoms with Crippen molar-refractivity contribution in [1.29, 1.82) is 0 Å². The molecule has 0 aromatic carbocycles. The minimum absolute atomic E-state index is 0.507. The molecule has 0 bridgehead atoms. The first-order valence-electron chi connectivity index (χ1n) is 8.58. The number of hydrogen-bond donors (Lipinski definition) is 2. The minimum atomic E-state index is 0.507. The van der Waals surface area contributed by atoms with Crippen LogP contribution in [0.25, 0.3) is 0 Å². The van der Waals surface area contributed by atoms with Gasteiger partial charge in [0.2, 0.25) is 0 Å². The third-order valence-corrected chi connectivity index (χ3v) is 7.29. The third kappa shape index (κ3) is 5.06. The fraction of sp³-hybridized carbons (Fsp3) is 0.500. The normalized spacial score (nSPS) is 22.1. The van der Waals surface area contributed by atoms with Gasteiger partial charge in [0.15, 0.2) is 5.96 Å². The first-order valence-corrected chi connectivity index (χ1v) is 11.1. The van der Waals surface area contributed by atoms with Crippen LogP contribution in [0.3, 0.4) is 0 Å². The zero-order valence-corrected chi connectivity index (χ0v) is 17.9. The Hall–Kier alpha value is -0.890.